The second-order valence-electron chi connectivity index (χ2n) is 6.17. The summed E-state index contributed by atoms with van der Waals surface area (Å²) in [7, 11) is -1.62. The van der Waals surface area contributed by atoms with E-state index in [0.717, 1.165) is 11.1 Å². The number of methoxy groups -OCH3 is 1. The Labute approximate surface area is 168 Å². The first kappa shape index (κ1) is 21.1. The van der Waals surface area contributed by atoms with Crippen molar-refractivity contribution in [1.82, 2.24) is 9.62 Å². The average Bonchev–Trinajstić information content (AvgIpc) is 3.15. The van der Waals surface area contributed by atoms with Crippen LogP contribution in [0, 0.1) is 0 Å². The molecule has 0 radical (unpaired) electrons. The molecule has 146 valence electrons. The lowest BCUT2D eigenvalue weighted by Crippen LogP contribution is -2.48. The van der Waals surface area contributed by atoms with E-state index in [0.29, 0.717) is 4.31 Å². The van der Waals surface area contributed by atoms with Crippen LogP contribution in [0.2, 0.25) is 0 Å². The molecular weight excluding hydrogens is 406 g/mol. The molecule has 2 amide bonds. The van der Waals surface area contributed by atoms with Crippen LogP contribution >= 0.6 is 23.6 Å². The highest BCUT2D eigenvalue weighted by molar-refractivity contribution is 7.92. The van der Waals surface area contributed by atoms with Gasteiger partial charge in [-0.25, -0.2) is 13.2 Å². The van der Waals surface area contributed by atoms with Gasteiger partial charge < -0.3 is 15.8 Å². The number of thiocarbonyl (C=S) groups is 1. The molecule has 0 fully saturated rings. The number of thiophene rings is 1. The number of nitrogens with two attached hydrogens (primary N) is 1. The second-order valence-corrected chi connectivity index (χ2v) is 9.09. The first-order valence-corrected chi connectivity index (χ1v) is 10.6. The molecule has 0 atom stereocenters. The molecule has 0 aliphatic carbocycles. The van der Waals surface area contributed by atoms with Gasteiger partial charge in [0.25, 0.3) is 10.0 Å². The normalized spacial score (nSPS) is 11.7. The number of carbonyl (C=O) groups is 1. The molecule has 3 N–H and O–H groups in total. The van der Waals surface area contributed by atoms with Gasteiger partial charge in [-0.15, -0.1) is 0 Å². The Balaban J connectivity index is 2.68. The third-order valence-electron chi connectivity index (χ3n) is 4.24. The molecule has 0 bridgehead atoms. The molecule has 0 unspecified atom stereocenters. The van der Waals surface area contributed by atoms with Crippen LogP contribution in [0.25, 0.3) is 0 Å². The van der Waals surface area contributed by atoms with E-state index in [1.54, 1.807) is 23.5 Å². The standard InChI is InChI=1S/C17H21N3O4S3/c1-17(2,12-7-8-26-10-12)11-5-6-13(24-4)14(9-11)27(22,23)20(15(18)21)16(25)19-3/h5-10H,1-4H3,(H2,18,21)(H,19,25). The SMILES string of the molecule is CNC(=S)N(C(N)=O)S(=O)(=O)c1cc(C(C)(C)c2ccsc2)ccc1OC. The zero-order chi connectivity index (χ0) is 20.4. The van der Waals surface area contributed by atoms with Gasteiger partial charge in [0.1, 0.15) is 10.6 Å². The minimum Gasteiger partial charge on any atom is -0.495 e. The molecule has 0 aliphatic heterocycles. The Hall–Kier alpha value is -2.17. The van der Waals surface area contributed by atoms with E-state index in [4.69, 9.17) is 22.7 Å². The monoisotopic (exact) mass is 427 g/mol. The van der Waals surface area contributed by atoms with Crippen molar-refractivity contribution in [3.63, 3.8) is 0 Å². The van der Waals surface area contributed by atoms with E-state index in [2.05, 4.69) is 5.32 Å². The lowest BCUT2D eigenvalue weighted by molar-refractivity contribution is 0.242. The number of hydrogen-bond donors (Lipinski definition) is 2. The molecule has 2 rings (SSSR count). The van der Waals surface area contributed by atoms with Gasteiger partial charge in [-0.05, 0) is 52.3 Å². The summed E-state index contributed by atoms with van der Waals surface area (Å²) < 4.78 is 31.8. The van der Waals surface area contributed by atoms with Crippen LogP contribution < -0.4 is 15.8 Å². The summed E-state index contributed by atoms with van der Waals surface area (Å²) in [6.07, 6.45) is 0. The van der Waals surface area contributed by atoms with Gasteiger partial charge >= 0.3 is 6.03 Å². The average molecular weight is 428 g/mol. The zero-order valence-electron chi connectivity index (χ0n) is 15.3. The number of carbonyl (C=O) groups excluding carboxylic acids is 1. The van der Waals surface area contributed by atoms with E-state index < -0.39 is 21.5 Å². The molecule has 0 saturated heterocycles. The fourth-order valence-corrected chi connectivity index (χ4v) is 5.21. The molecule has 0 saturated carbocycles. The highest BCUT2D eigenvalue weighted by Gasteiger charge is 2.35. The van der Waals surface area contributed by atoms with Crippen molar-refractivity contribution >= 4 is 44.7 Å². The number of rotatable bonds is 5. The van der Waals surface area contributed by atoms with Gasteiger partial charge in [0, 0.05) is 12.5 Å². The van der Waals surface area contributed by atoms with Crippen molar-refractivity contribution in [2.45, 2.75) is 24.2 Å². The largest absolute Gasteiger partial charge is 0.495 e. The first-order chi connectivity index (χ1) is 12.6. The van der Waals surface area contributed by atoms with Crippen LogP contribution in [0.1, 0.15) is 25.0 Å². The Bertz CT molecular complexity index is 954. The Morgan fingerprint density at radius 2 is 1.96 bits per heavy atom. The smallest absolute Gasteiger partial charge is 0.335 e. The van der Waals surface area contributed by atoms with E-state index in [-0.39, 0.29) is 15.8 Å². The van der Waals surface area contributed by atoms with Gasteiger partial charge in [-0.2, -0.15) is 15.6 Å². The lowest BCUT2D eigenvalue weighted by Gasteiger charge is -2.27. The highest BCUT2D eigenvalue weighted by Crippen LogP contribution is 2.37. The van der Waals surface area contributed by atoms with Crippen molar-refractivity contribution in [1.29, 1.82) is 0 Å². The van der Waals surface area contributed by atoms with Crippen LogP contribution in [0.15, 0.2) is 39.9 Å². The number of hydrogen-bond acceptors (Lipinski definition) is 6. The molecule has 2 aromatic rings. The number of nitrogens with one attached hydrogen (secondary N) is 1. The van der Waals surface area contributed by atoms with E-state index in [1.165, 1.54) is 20.2 Å². The Morgan fingerprint density at radius 1 is 1.30 bits per heavy atom. The fourth-order valence-electron chi connectivity index (χ4n) is 2.58. The first-order valence-electron chi connectivity index (χ1n) is 7.85. The number of sulfonamides is 1. The van der Waals surface area contributed by atoms with Crippen LogP contribution in [0.3, 0.4) is 0 Å². The van der Waals surface area contributed by atoms with Crippen molar-refractivity contribution in [2.75, 3.05) is 14.2 Å². The molecule has 1 heterocycles. The summed E-state index contributed by atoms with van der Waals surface area (Å²) in [4.78, 5) is 11.6. The maximum Gasteiger partial charge on any atom is 0.335 e. The topological polar surface area (TPSA) is 102 Å². The van der Waals surface area contributed by atoms with Gasteiger partial charge in [0.2, 0.25) is 0 Å². The highest BCUT2D eigenvalue weighted by atomic mass is 32.2. The van der Waals surface area contributed by atoms with E-state index in [9.17, 15) is 13.2 Å². The van der Waals surface area contributed by atoms with Gasteiger partial charge in [0.15, 0.2) is 5.11 Å². The van der Waals surface area contributed by atoms with E-state index in [1.807, 2.05) is 30.7 Å². The minimum atomic E-state index is -4.37. The van der Waals surface area contributed by atoms with Crippen LogP contribution in [-0.2, 0) is 15.4 Å². The third kappa shape index (κ3) is 3.92. The molecule has 1 aromatic heterocycles. The number of nitrogens with zero attached hydrogens (tertiary/aromatic N) is 1. The van der Waals surface area contributed by atoms with E-state index >= 15 is 0 Å². The molecule has 0 spiro atoms. The number of amides is 2. The van der Waals surface area contributed by atoms with Crippen molar-refractivity contribution in [2.24, 2.45) is 5.73 Å². The fraction of sp³-hybridized carbons (Fsp3) is 0.294. The van der Waals surface area contributed by atoms with Crippen LogP contribution in [0.4, 0.5) is 4.79 Å². The number of primary amides is 1. The second kappa shape index (κ2) is 7.83. The summed E-state index contributed by atoms with van der Waals surface area (Å²) in [5.74, 6) is 0.0880. The predicted molar refractivity (Wildman–Crippen MR) is 110 cm³/mol. The maximum atomic E-state index is 13.1. The molecular formula is C17H21N3O4S3. The van der Waals surface area contributed by atoms with Crippen molar-refractivity contribution in [3.05, 3.63) is 46.2 Å². The van der Waals surface area contributed by atoms with Crippen LogP contribution in [0.5, 0.6) is 5.75 Å². The van der Waals surface area contributed by atoms with Gasteiger partial charge in [0.05, 0.1) is 7.11 Å². The predicted octanol–water partition coefficient (Wildman–Crippen LogP) is 2.66. The summed E-state index contributed by atoms with van der Waals surface area (Å²) in [6.45, 7) is 3.97. The third-order valence-corrected chi connectivity index (χ3v) is 7.15. The number of ether oxygens (including phenoxy) is 1. The summed E-state index contributed by atoms with van der Waals surface area (Å²) >= 11 is 6.50. The molecule has 7 nitrogen and oxygen atoms in total. The molecule has 0 aliphatic rings. The Morgan fingerprint density at radius 3 is 2.44 bits per heavy atom. The number of urea groups is 1. The number of benzene rings is 1. The van der Waals surface area contributed by atoms with Gasteiger partial charge in [-0.3, -0.25) is 0 Å². The Kier molecular flexibility index (Phi) is 6.13. The maximum absolute atomic E-state index is 13.1. The quantitative estimate of drug-likeness (QED) is 0.712. The van der Waals surface area contributed by atoms with Crippen molar-refractivity contribution in [3.8, 4) is 5.75 Å². The lowest BCUT2D eigenvalue weighted by atomic mass is 9.79. The summed E-state index contributed by atoms with van der Waals surface area (Å²) in [5.41, 5.74) is 6.59. The molecule has 1 aromatic carbocycles. The molecule has 10 heteroatoms. The minimum absolute atomic E-state index is 0.0880. The van der Waals surface area contributed by atoms with Crippen molar-refractivity contribution < 1.29 is 17.9 Å². The zero-order valence-corrected chi connectivity index (χ0v) is 17.8. The van der Waals surface area contributed by atoms with Gasteiger partial charge in [-0.1, -0.05) is 19.9 Å². The molecule has 27 heavy (non-hydrogen) atoms. The van der Waals surface area contributed by atoms with Crippen LogP contribution in [-0.4, -0.2) is 38.0 Å². The summed E-state index contributed by atoms with van der Waals surface area (Å²) in [5, 5.41) is 6.10. The summed E-state index contributed by atoms with van der Waals surface area (Å²) in [6, 6.07) is 5.60.